The van der Waals surface area contributed by atoms with Gasteiger partial charge in [0, 0.05) is 12.5 Å². The monoisotopic (exact) mass is 379 g/mol. The van der Waals surface area contributed by atoms with Crippen LogP contribution in [0.5, 0.6) is 0 Å². The van der Waals surface area contributed by atoms with Gasteiger partial charge in [0.1, 0.15) is 12.6 Å². The molecule has 1 saturated heterocycles. The van der Waals surface area contributed by atoms with Crippen molar-refractivity contribution in [3.05, 3.63) is 59.7 Å². The smallest absolute Gasteiger partial charge is 0.410 e. The Balaban J connectivity index is 1.54. The summed E-state index contributed by atoms with van der Waals surface area (Å²) in [5, 5.41) is 9.60. The van der Waals surface area contributed by atoms with Crippen LogP contribution >= 0.6 is 0 Å². The lowest BCUT2D eigenvalue weighted by Crippen LogP contribution is -2.54. The topological polar surface area (TPSA) is 66.8 Å². The largest absolute Gasteiger partial charge is 0.480 e. The second-order valence-corrected chi connectivity index (χ2v) is 8.06. The van der Waals surface area contributed by atoms with Gasteiger partial charge in [0.05, 0.1) is 0 Å². The molecule has 146 valence electrons. The lowest BCUT2D eigenvalue weighted by Gasteiger charge is -2.39. The number of hydrogen-bond acceptors (Lipinski definition) is 3. The van der Waals surface area contributed by atoms with Gasteiger partial charge < -0.3 is 9.84 Å². The quantitative estimate of drug-likeness (QED) is 0.860. The number of amides is 1. The molecule has 0 radical (unpaired) electrons. The number of nitrogens with zero attached hydrogens (tertiary/aromatic N) is 1. The highest BCUT2D eigenvalue weighted by molar-refractivity contribution is 5.81. The number of carboxylic acids is 1. The number of carboxylic acid groups (broad SMARTS) is 1. The Morgan fingerprint density at radius 3 is 2.18 bits per heavy atom. The van der Waals surface area contributed by atoms with Gasteiger partial charge in [0.2, 0.25) is 0 Å². The molecule has 2 aliphatic rings. The van der Waals surface area contributed by atoms with Crippen LogP contribution in [0, 0.1) is 11.8 Å². The van der Waals surface area contributed by atoms with E-state index in [-0.39, 0.29) is 24.4 Å². The van der Waals surface area contributed by atoms with Crippen molar-refractivity contribution < 1.29 is 19.4 Å². The van der Waals surface area contributed by atoms with Crippen LogP contribution < -0.4 is 0 Å². The van der Waals surface area contributed by atoms with E-state index in [1.54, 1.807) is 0 Å². The lowest BCUT2D eigenvalue weighted by molar-refractivity contribution is -0.146. The van der Waals surface area contributed by atoms with Gasteiger partial charge in [0.25, 0.3) is 0 Å². The van der Waals surface area contributed by atoms with E-state index < -0.39 is 18.1 Å². The summed E-state index contributed by atoms with van der Waals surface area (Å²) in [5.41, 5.74) is 4.63. The molecular formula is C23H25NO4. The van der Waals surface area contributed by atoms with Crippen LogP contribution in [-0.2, 0) is 9.53 Å². The molecule has 3 unspecified atom stereocenters. The Labute approximate surface area is 164 Å². The Kier molecular flexibility index (Phi) is 4.84. The molecule has 0 saturated carbocycles. The second-order valence-electron chi connectivity index (χ2n) is 8.06. The van der Waals surface area contributed by atoms with E-state index >= 15 is 0 Å². The highest BCUT2D eigenvalue weighted by atomic mass is 16.6. The molecule has 1 amide bonds. The summed E-state index contributed by atoms with van der Waals surface area (Å²) < 4.78 is 5.68. The molecule has 3 atom stereocenters. The van der Waals surface area contributed by atoms with Gasteiger partial charge in [-0.15, -0.1) is 0 Å². The first-order valence-electron chi connectivity index (χ1n) is 9.81. The molecule has 5 heteroatoms. The number of benzene rings is 2. The minimum absolute atomic E-state index is 0.0285. The van der Waals surface area contributed by atoms with Crippen LogP contribution in [0.25, 0.3) is 11.1 Å². The summed E-state index contributed by atoms with van der Waals surface area (Å²) in [6, 6.07) is 15.5. The zero-order valence-corrected chi connectivity index (χ0v) is 16.2. The number of fused-ring (bicyclic) bond motifs is 3. The number of hydrogen-bond donors (Lipinski definition) is 1. The predicted molar refractivity (Wildman–Crippen MR) is 106 cm³/mol. The summed E-state index contributed by atoms with van der Waals surface area (Å²) in [4.78, 5) is 25.9. The third-order valence-corrected chi connectivity index (χ3v) is 5.98. The number of aliphatic carboxylic acids is 1. The fraction of sp³-hybridized carbons (Fsp3) is 0.391. The fourth-order valence-electron chi connectivity index (χ4n) is 4.84. The minimum atomic E-state index is -0.965. The van der Waals surface area contributed by atoms with E-state index in [0.29, 0.717) is 6.54 Å². The molecule has 1 heterocycles. The summed E-state index contributed by atoms with van der Waals surface area (Å²) >= 11 is 0. The molecule has 2 aromatic rings. The molecular weight excluding hydrogens is 354 g/mol. The lowest BCUT2D eigenvalue weighted by atomic mass is 9.85. The number of ether oxygens (including phenoxy) is 1. The number of carbonyl (C=O) groups excluding carboxylic acids is 1. The molecule has 0 bridgehead atoms. The summed E-state index contributed by atoms with van der Waals surface area (Å²) in [6.45, 7) is 4.55. The van der Waals surface area contributed by atoms with E-state index in [0.717, 1.165) is 17.5 Å². The van der Waals surface area contributed by atoms with E-state index in [1.165, 1.54) is 16.0 Å². The molecule has 1 N–H and O–H groups in total. The van der Waals surface area contributed by atoms with Crippen molar-refractivity contribution in [3.8, 4) is 11.1 Å². The first-order chi connectivity index (χ1) is 13.5. The van der Waals surface area contributed by atoms with Crippen molar-refractivity contribution in [2.75, 3.05) is 13.2 Å². The zero-order chi connectivity index (χ0) is 19.8. The highest BCUT2D eigenvalue weighted by Gasteiger charge is 2.41. The number of piperidine rings is 1. The van der Waals surface area contributed by atoms with Crippen LogP contribution in [0.3, 0.4) is 0 Å². The van der Waals surface area contributed by atoms with E-state index in [1.807, 2.05) is 38.1 Å². The van der Waals surface area contributed by atoms with Crippen LogP contribution in [-0.4, -0.2) is 41.3 Å². The van der Waals surface area contributed by atoms with E-state index in [9.17, 15) is 14.7 Å². The summed E-state index contributed by atoms with van der Waals surface area (Å²) in [7, 11) is 0. The zero-order valence-electron chi connectivity index (χ0n) is 16.2. The predicted octanol–water partition coefficient (Wildman–Crippen LogP) is 4.37. The van der Waals surface area contributed by atoms with Crippen molar-refractivity contribution >= 4 is 12.1 Å². The van der Waals surface area contributed by atoms with Crippen molar-refractivity contribution in [1.29, 1.82) is 0 Å². The minimum Gasteiger partial charge on any atom is -0.480 e. The van der Waals surface area contributed by atoms with E-state index in [2.05, 4.69) is 24.3 Å². The Morgan fingerprint density at radius 1 is 1.04 bits per heavy atom. The van der Waals surface area contributed by atoms with Crippen LogP contribution in [0.1, 0.15) is 37.3 Å². The molecule has 0 aromatic heterocycles. The second kappa shape index (κ2) is 7.30. The number of rotatable bonds is 3. The van der Waals surface area contributed by atoms with Crippen LogP contribution in [0.2, 0.25) is 0 Å². The molecule has 28 heavy (non-hydrogen) atoms. The molecule has 5 nitrogen and oxygen atoms in total. The summed E-state index contributed by atoms with van der Waals surface area (Å²) in [5.74, 6) is -0.833. The first kappa shape index (κ1) is 18.5. The van der Waals surface area contributed by atoms with Crippen LogP contribution in [0.4, 0.5) is 4.79 Å². The van der Waals surface area contributed by atoms with Crippen molar-refractivity contribution in [2.45, 2.75) is 32.2 Å². The average molecular weight is 379 g/mol. The van der Waals surface area contributed by atoms with Crippen molar-refractivity contribution in [2.24, 2.45) is 11.8 Å². The third-order valence-electron chi connectivity index (χ3n) is 5.98. The normalized spacial score (nSPS) is 23.8. The van der Waals surface area contributed by atoms with Crippen molar-refractivity contribution in [3.63, 3.8) is 0 Å². The summed E-state index contributed by atoms with van der Waals surface area (Å²) in [6.07, 6.45) is 0.261. The van der Waals surface area contributed by atoms with Gasteiger partial charge in [-0.05, 0) is 40.5 Å². The highest BCUT2D eigenvalue weighted by Crippen LogP contribution is 2.44. The molecule has 1 fully saturated rings. The number of likely N-dealkylation sites (tertiary alicyclic amines) is 1. The Hall–Kier alpha value is -2.82. The standard InChI is InChI=1S/C23H25NO4/c1-14-11-15(2)21(22(25)26)24(12-14)23(27)28-13-20-18-9-5-3-7-16(18)17-8-4-6-10-19(17)20/h3-10,14-15,20-21H,11-13H2,1-2H3,(H,25,26). The van der Waals surface area contributed by atoms with Gasteiger partial charge in [-0.25, -0.2) is 9.59 Å². The van der Waals surface area contributed by atoms with Gasteiger partial charge in [0.15, 0.2) is 0 Å². The van der Waals surface area contributed by atoms with E-state index in [4.69, 9.17) is 4.74 Å². The van der Waals surface area contributed by atoms with Crippen LogP contribution in [0.15, 0.2) is 48.5 Å². The Morgan fingerprint density at radius 2 is 1.61 bits per heavy atom. The maximum atomic E-state index is 12.8. The maximum Gasteiger partial charge on any atom is 0.410 e. The third kappa shape index (κ3) is 3.15. The number of carbonyl (C=O) groups is 2. The Bertz CT molecular complexity index is 863. The van der Waals surface area contributed by atoms with Gasteiger partial charge >= 0.3 is 12.1 Å². The molecule has 0 spiro atoms. The molecule has 2 aromatic carbocycles. The van der Waals surface area contributed by atoms with Gasteiger partial charge in [-0.1, -0.05) is 62.4 Å². The average Bonchev–Trinajstić information content (AvgIpc) is 2.99. The SMILES string of the molecule is CC1CC(C)C(C(=O)O)N(C(=O)OCC2c3ccccc3-c3ccccc32)C1. The first-order valence-corrected chi connectivity index (χ1v) is 9.81. The van der Waals surface area contributed by atoms with Crippen molar-refractivity contribution in [1.82, 2.24) is 4.90 Å². The maximum absolute atomic E-state index is 12.8. The van der Waals surface area contributed by atoms with Gasteiger partial charge in [-0.2, -0.15) is 0 Å². The molecule has 1 aliphatic heterocycles. The molecule has 1 aliphatic carbocycles. The van der Waals surface area contributed by atoms with Gasteiger partial charge in [-0.3, -0.25) is 4.90 Å². The fourth-order valence-corrected chi connectivity index (χ4v) is 4.84. The molecule has 4 rings (SSSR count).